The molecule has 0 saturated carbocycles. The third kappa shape index (κ3) is 1.99. The predicted molar refractivity (Wildman–Crippen MR) is 97.7 cm³/mol. The summed E-state index contributed by atoms with van der Waals surface area (Å²) in [5, 5.41) is 0. The quantitative estimate of drug-likeness (QED) is 0.382. The maximum Gasteiger partial charge on any atom is 0.328 e. The summed E-state index contributed by atoms with van der Waals surface area (Å²) < 4.78 is 17.4. The lowest BCUT2D eigenvalue weighted by Gasteiger charge is -2.25. The van der Waals surface area contributed by atoms with Crippen LogP contribution in [-0.4, -0.2) is 23.9 Å². The first kappa shape index (κ1) is 15.3. The van der Waals surface area contributed by atoms with Crippen molar-refractivity contribution in [3.8, 4) is 5.75 Å². The minimum Gasteiger partial charge on any atom is -0.426 e. The summed E-state index contributed by atoms with van der Waals surface area (Å²) in [6, 6.07) is 9.46. The number of ether oxygens (including phenoxy) is 1. The van der Waals surface area contributed by atoms with Crippen LogP contribution in [0.5, 0.6) is 5.75 Å². The van der Waals surface area contributed by atoms with E-state index in [-0.39, 0.29) is 24.0 Å². The van der Waals surface area contributed by atoms with Crippen LogP contribution in [0.1, 0.15) is 23.5 Å². The Labute approximate surface area is 151 Å². The molecule has 2 aromatic heterocycles. The first-order chi connectivity index (χ1) is 12.5. The van der Waals surface area contributed by atoms with Gasteiger partial charge in [-0.1, -0.05) is 6.07 Å². The zero-order chi connectivity index (χ0) is 18.0. The van der Waals surface area contributed by atoms with E-state index in [1.54, 1.807) is 29.3 Å². The second-order valence-electron chi connectivity index (χ2n) is 6.49. The summed E-state index contributed by atoms with van der Waals surface area (Å²) in [4.78, 5) is 24.4. The lowest BCUT2D eigenvalue weighted by molar-refractivity contribution is -0.135. The Morgan fingerprint density at radius 2 is 1.88 bits per heavy atom. The number of fused-ring (bicyclic) bond motifs is 4. The summed E-state index contributed by atoms with van der Waals surface area (Å²) in [6.45, 7) is 0. The molecule has 1 atom stereocenters. The molecule has 0 saturated heterocycles. The Hall–Kier alpha value is -3.00. The molecule has 2 aromatic carbocycles. The van der Waals surface area contributed by atoms with Crippen molar-refractivity contribution >= 4 is 39.8 Å². The number of aromatic nitrogens is 4. The summed E-state index contributed by atoms with van der Waals surface area (Å²) in [6.07, 6.45) is 0.232. The normalized spacial score (nSPS) is 16.8. The lowest BCUT2D eigenvalue weighted by atomic mass is 9.85. The number of esters is 1. The van der Waals surface area contributed by atoms with Gasteiger partial charge in [-0.3, -0.25) is 13.9 Å². The van der Waals surface area contributed by atoms with Crippen molar-refractivity contribution in [2.75, 3.05) is 0 Å². The van der Waals surface area contributed by atoms with E-state index in [0.717, 1.165) is 44.9 Å². The van der Waals surface area contributed by atoms with E-state index < -0.39 is 0 Å². The van der Waals surface area contributed by atoms with Crippen LogP contribution in [0.2, 0.25) is 0 Å². The van der Waals surface area contributed by atoms with Gasteiger partial charge in [-0.05, 0) is 29.8 Å². The van der Waals surface area contributed by atoms with Crippen LogP contribution in [-0.2, 0) is 18.9 Å². The average Bonchev–Trinajstić information content (AvgIpc) is 3.20. The Bertz CT molecular complexity index is 1270. The Kier molecular flexibility index (Phi) is 3.08. The number of hydrogen-bond donors (Lipinski definition) is 0. The molecule has 0 amide bonds. The van der Waals surface area contributed by atoms with Crippen LogP contribution in [0.25, 0.3) is 22.1 Å². The standard InChI is InChI=1S/C18H14N4O3S/c1-21-12-5-3-9(7-13(12)22(2)18(21)24)10-8-15(23)25-14-6-4-11-17(16(10)14)20-26-19-11/h3-7,10H,8H2,1-2H3. The van der Waals surface area contributed by atoms with Gasteiger partial charge in [0.25, 0.3) is 0 Å². The number of rotatable bonds is 1. The predicted octanol–water partition coefficient (Wildman–Crippen LogP) is 2.32. The van der Waals surface area contributed by atoms with Gasteiger partial charge in [0.05, 0.1) is 29.2 Å². The van der Waals surface area contributed by atoms with E-state index in [1.807, 2.05) is 24.3 Å². The number of carbonyl (C=O) groups is 1. The average molecular weight is 366 g/mol. The fraction of sp³-hybridized carbons (Fsp3) is 0.222. The summed E-state index contributed by atoms with van der Waals surface area (Å²) in [5.74, 6) is 0.0825. The van der Waals surface area contributed by atoms with Crippen molar-refractivity contribution in [2.45, 2.75) is 12.3 Å². The third-order valence-electron chi connectivity index (χ3n) is 5.07. The van der Waals surface area contributed by atoms with Crippen LogP contribution in [0.15, 0.2) is 35.1 Å². The van der Waals surface area contributed by atoms with Crippen molar-refractivity contribution in [1.82, 2.24) is 17.9 Å². The Morgan fingerprint density at radius 3 is 2.73 bits per heavy atom. The molecule has 3 heterocycles. The Morgan fingerprint density at radius 1 is 1.08 bits per heavy atom. The molecule has 130 valence electrons. The lowest BCUT2D eigenvalue weighted by Crippen LogP contribution is -2.21. The zero-order valence-corrected chi connectivity index (χ0v) is 14.9. The summed E-state index contributed by atoms with van der Waals surface area (Å²) >= 11 is 1.14. The van der Waals surface area contributed by atoms with E-state index in [4.69, 9.17) is 4.74 Å². The van der Waals surface area contributed by atoms with E-state index in [9.17, 15) is 9.59 Å². The Balaban J connectivity index is 1.78. The molecule has 0 aliphatic carbocycles. The molecule has 5 rings (SSSR count). The smallest absolute Gasteiger partial charge is 0.328 e. The van der Waals surface area contributed by atoms with Crippen molar-refractivity contribution in [1.29, 1.82) is 0 Å². The van der Waals surface area contributed by atoms with Gasteiger partial charge in [-0.2, -0.15) is 8.75 Å². The zero-order valence-electron chi connectivity index (χ0n) is 14.1. The van der Waals surface area contributed by atoms with Crippen molar-refractivity contribution in [2.24, 2.45) is 14.1 Å². The monoisotopic (exact) mass is 366 g/mol. The van der Waals surface area contributed by atoms with Crippen molar-refractivity contribution < 1.29 is 9.53 Å². The highest BCUT2D eigenvalue weighted by Gasteiger charge is 2.31. The minimum atomic E-state index is -0.271. The number of nitrogens with zero attached hydrogens (tertiary/aromatic N) is 4. The van der Waals surface area contributed by atoms with Gasteiger partial charge >= 0.3 is 11.7 Å². The fourth-order valence-corrected chi connectivity index (χ4v) is 4.29. The fourth-order valence-electron chi connectivity index (χ4n) is 3.74. The molecule has 1 aliphatic rings. The second-order valence-corrected chi connectivity index (χ2v) is 7.02. The minimum absolute atomic E-state index is 0.0771. The molecule has 1 unspecified atom stereocenters. The third-order valence-corrected chi connectivity index (χ3v) is 5.61. The molecule has 0 fully saturated rings. The topological polar surface area (TPSA) is 79.0 Å². The number of benzene rings is 2. The van der Waals surface area contributed by atoms with Crippen LogP contribution in [0.3, 0.4) is 0 Å². The molecular weight excluding hydrogens is 352 g/mol. The molecule has 1 aliphatic heterocycles. The summed E-state index contributed by atoms with van der Waals surface area (Å²) in [7, 11) is 3.50. The van der Waals surface area contributed by atoms with Crippen molar-refractivity contribution in [3.05, 3.63) is 51.9 Å². The van der Waals surface area contributed by atoms with Gasteiger partial charge in [-0.25, -0.2) is 4.79 Å². The number of imidazole rings is 1. The van der Waals surface area contributed by atoms with E-state index in [2.05, 4.69) is 8.75 Å². The van der Waals surface area contributed by atoms with E-state index >= 15 is 0 Å². The second kappa shape index (κ2) is 5.25. The highest BCUT2D eigenvalue weighted by molar-refractivity contribution is 7.00. The molecule has 26 heavy (non-hydrogen) atoms. The van der Waals surface area contributed by atoms with Gasteiger partial charge in [0, 0.05) is 25.6 Å². The molecule has 0 N–H and O–H groups in total. The number of hydrogen-bond acceptors (Lipinski definition) is 6. The van der Waals surface area contributed by atoms with Crippen LogP contribution in [0.4, 0.5) is 0 Å². The van der Waals surface area contributed by atoms with Crippen LogP contribution >= 0.6 is 11.7 Å². The summed E-state index contributed by atoms with van der Waals surface area (Å²) in [5.41, 5.74) is 5.02. The van der Waals surface area contributed by atoms with Gasteiger partial charge < -0.3 is 4.74 Å². The molecule has 0 radical (unpaired) electrons. The molecule has 0 spiro atoms. The van der Waals surface area contributed by atoms with E-state index in [0.29, 0.717) is 5.75 Å². The molecule has 4 aromatic rings. The maximum atomic E-state index is 12.2. The first-order valence-electron chi connectivity index (χ1n) is 8.16. The largest absolute Gasteiger partial charge is 0.426 e. The van der Waals surface area contributed by atoms with Gasteiger partial charge in [-0.15, -0.1) is 0 Å². The van der Waals surface area contributed by atoms with E-state index in [1.165, 1.54) is 0 Å². The molecule has 0 bridgehead atoms. The molecule has 7 nitrogen and oxygen atoms in total. The highest BCUT2D eigenvalue weighted by atomic mass is 32.1. The number of aryl methyl sites for hydroxylation is 2. The maximum absolute atomic E-state index is 12.2. The van der Waals surface area contributed by atoms with Crippen LogP contribution < -0.4 is 10.4 Å². The molecule has 8 heteroatoms. The van der Waals surface area contributed by atoms with Crippen molar-refractivity contribution in [3.63, 3.8) is 0 Å². The SMILES string of the molecule is Cn1c(=O)n(C)c2cc(C3CC(=O)Oc4ccc5nsnc5c43)ccc21. The van der Waals surface area contributed by atoms with Gasteiger partial charge in [0.2, 0.25) is 0 Å². The number of carbonyl (C=O) groups excluding carboxylic acids is 1. The van der Waals surface area contributed by atoms with Gasteiger partial charge in [0.1, 0.15) is 16.8 Å². The molecular formula is C18H14N4O3S. The van der Waals surface area contributed by atoms with Gasteiger partial charge in [0.15, 0.2) is 0 Å². The first-order valence-corrected chi connectivity index (χ1v) is 8.89. The highest BCUT2D eigenvalue weighted by Crippen LogP contribution is 2.42. The van der Waals surface area contributed by atoms with Crippen LogP contribution in [0, 0.1) is 0 Å².